The third-order valence-electron chi connectivity index (χ3n) is 3.12. The van der Waals surface area contributed by atoms with Crippen molar-refractivity contribution in [1.82, 2.24) is 14.9 Å². The Hall–Kier alpha value is -1.55. The molecule has 0 amide bonds. The molecule has 0 aliphatic heterocycles. The van der Waals surface area contributed by atoms with Crippen molar-refractivity contribution in [1.29, 1.82) is 0 Å². The average Bonchev–Trinajstić information content (AvgIpc) is 3.04. The first-order valence-electron chi connectivity index (χ1n) is 6.60. The van der Waals surface area contributed by atoms with Crippen molar-refractivity contribution in [2.24, 2.45) is 0 Å². The van der Waals surface area contributed by atoms with Crippen LogP contribution in [0.3, 0.4) is 0 Å². The van der Waals surface area contributed by atoms with Crippen molar-refractivity contribution in [3.8, 4) is 0 Å². The summed E-state index contributed by atoms with van der Waals surface area (Å²) in [4.78, 5) is 4.44. The number of hydrogen-bond donors (Lipinski definition) is 1. The Bertz CT molecular complexity index is 447. The van der Waals surface area contributed by atoms with Crippen LogP contribution in [-0.2, 0) is 13.0 Å². The molecule has 4 nitrogen and oxygen atoms in total. The number of rotatable bonds is 7. The Morgan fingerprint density at radius 2 is 2.33 bits per heavy atom. The maximum atomic E-state index is 5.18. The second kappa shape index (κ2) is 6.40. The Kier molecular flexibility index (Phi) is 4.59. The molecule has 0 bridgehead atoms. The van der Waals surface area contributed by atoms with E-state index < -0.39 is 0 Å². The molecule has 0 aromatic carbocycles. The van der Waals surface area contributed by atoms with Gasteiger partial charge in [-0.3, -0.25) is 0 Å². The zero-order chi connectivity index (χ0) is 12.8. The Morgan fingerprint density at radius 1 is 1.44 bits per heavy atom. The Labute approximate surface area is 108 Å². The summed E-state index contributed by atoms with van der Waals surface area (Å²) in [5.41, 5.74) is 1.19. The summed E-state index contributed by atoms with van der Waals surface area (Å²) in [6.45, 7) is 6.27. The molecule has 0 spiro atoms. The molecule has 0 aliphatic carbocycles. The summed E-state index contributed by atoms with van der Waals surface area (Å²) in [6, 6.07) is 2.29. The van der Waals surface area contributed by atoms with Gasteiger partial charge in [0.2, 0.25) is 0 Å². The second-order valence-electron chi connectivity index (χ2n) is 4.40. The van der Waals surface area contributed by atoms with Crippen molar-refractivity contribution in [3.63, 3.8) is 0 Å². The Morgan fingerprint density at radius 3 is 3.00 bits per heavy atom. The number of nitrogens with zero attached hydrogens (tertiary/aromatic N) is 2. The monoisotopic (exact) mass is 247 g/mol. The highest BCUT2D eigenvalue weighted by atomic mass is 16.3. The summed E-state index contributed by atoms with van der Waals surface area (Å²) in [6.07, 6.45) is 9.44. The van der Waals surface area contributed by atoms with Crippen LogP contribution in [0.15, 0.2) is 35.4 Å². The molecule has 4 heteroatoms. The first-order chi connectivity index (χ1) is 8.85. The standard InChI is InChI=1S/C14H21N3O/c1-3-6-15-13(12-5-9-18-11-12)10-14-16-7-8-17(14)4-2/h5,7-9,11,13,15H,3-4,6,10H2,1-2H3. The first-order valence-corrected chi connectivity index (χ1v) is 6.60. The van der Waals surface area contributed by atoms with Crippen molar-refractivity contribution >= 4 is 0 Å². The fraction of sp³-hybridized carbons (Fsp3) is 0.500. The fourth-order valence-corrected chi connectivity index (χ4v) is 2.10. The molecule has 0 aliphatic rings. The van der Waals surface area contributed by atoms with Gasteiger partial charge in [0.05, 0.1) is 12.5 Å². The van der Waals surface area contributed by atoms with E-state index >= 15 is 0 Å². The smallest absolute Gasteiger partial charge is 0.110 e. The first kappa shape index (κ1) is 12.9. The quantitative estimate of drug-likeness (QED) is 0.818. The molecular formula is C14H21N3O. The molecule has 0 saturated carbocycles. The predicted molar refractivity (Wildman–Crippen MR) is 71.3 cm³/mol. The van der Waals surface area contributed by atoms with E-state index in [4.69, 9.17) is 4.42 Å². The molecule has 0 saturated heterocycles. The van der Waals surface area contributed by atoms with Gasteiger partial charge in [-0.25, -0.2) is 4.98 Å². The highest BCUT2D eigenvalue weighted by Gasteiger charge is 2.15. The SMILES string of the molecule is CCCNC(Cc1nccn1CC)c1ccoc1. The minimum Gasteiger partial charge on any atom is -0.472 e. The predicted octanol–water partition coefficient (Wildman–Crippen LogP) is 2.78. The molecule has 2 aromatic rings. The van der Waals surface area contributed by atoms with E-state index in [0.29, 0.717) is 0 Å². The molecule has 2 aromatic heterocycles. The van der Waals surface area contributed by atoms with Gasteiger partial charge < -0.3 is 14.3 Å². The van der Waals surface area contributed by atoms with Crippen molar-refractivity contribution in [3.05, 3.63) is 42.4 Å². The lowest BCUT2D eigenvalue weighted by Gasteiger charge is -2.17. The number of aromatic nitrogens is 2. The number of furan rings is 1. The topological polar surface area (TPSA) is 43.0 Å². The molecule has 98 valence electrons. The third kappa shape index (κ3) is 3.01. The minimum atomic E-state index is 0.274. The van der Waals surface area contributed by atoms with E-state index in [2.05, 4.69) is 28.7 Å². The lowest BCUT2D eigenvalue weighted by molar-refractivity contribution is 0.495. The van der Waals surface area contributed by atoms with Gasteiger partial charge >= 0.3 is 0 Å². The minimum absolute atomic E-state index is 0.274. The lowest BCUT2D eigenvalue weighted by Crippen LogP contribution is -2.25. The normalized spacial score (nSPS) is 12.8. The van der Waals surface area contributed by atoms with Crippen molar-refractivity contribution in [2.45, 2.75) is 39.3 Å². The molecule has 1 atom stereocenters. The fourth-order valence-electron chi connectivity index (χ4n) is 2.10. The highest BCUT2D eigenvalue weighted by molar-refractivity contribution is 5.14. The number of imidazole rings is 1. The second-order valence-corrected chi connectivity index (χ2v) is 4.40. The molecule has 0 fully saturated rings. The van der Waals surface area contributed by atoms with E-state index in [-0.39, 0.29) is 6.04 Å². The number of hydrogen-bond acceptors (Lipinski definition) is 3. The van der Waals surface area contributed by atoms with E-state index in [1.54, 1.807) is 6.26 Å². The summed E-state index contributed by atoms with van der Waals surface area (Å²) in [5, 5.41) is 3.55. The van der Waals surface area contributed by atoms with Gasteiger partial charge in [0.15, 0.2) is 0 Å². The zero-order valence-electron chi connectivity index (χ0n) is 11.1. The highest BCUT2D eigenvalue weighted by Crippen LogP contribution is 2.18. The van der Waals surface area contributed by atoms with E-state index in [0.717, 1.165) is 31.8 Å². The molecule has 1 N–H and O–H groups in total. The van der Waals surface area contributed by atoms with Crippen molar-refractivity contribution < 1.29 is 4.42 Å². The summed E-state index contributed by atoms with van der Waals surface area (Å²) in [5.74, 6) is 1.12. The van der Waals surface area contributed by atoms with Gasteiger partial charge in [-0.15, -0.1) is 0 Å². The van der Waals surface area contributed by atoms with Gasteiger partial charge in [-0.2, -0.15) is 0 Å². The molecule has 2 heterocycles. The average molecular weight is 247 g/mol. The third-order valence-corrected chi connectivity index (χ3v) is 3.12. The maximum Gasteiger partial charge on any atom is 0.110 e. The van der Waals surface area contributed by atoms with E-state index in [1.807, 2.05) is 24.7 Å². The van der Waals surface area contributed by atoms with Gasteiger partial charge in [0.1, 0.15) is 5.82 Å². The Balaban J connectivity index is 2.10. The molecule has 1 unspecified atom stereocenters. The van der Waals surface area contributed by atoms with Crippen LogP contribution < -0.4 is 5.32 Å². The summed E-state index contributed by atoms with van der Waals surface area (Å²) < 4.78 is 7.37. The van der Waals surface area contributed by atoms with Gasteiger partial charge in [-0.05, 0) is 26.0 Å². The van der Waals surface area contributed by atoms with Crippen LogP contribution in [0.25, 0.3) is 0 Å². The van der Waals surface area contributed by atoms with Gasteiger partial charge in [0.25, 0.3) is 0 Å². The molecular weight excluding hydrogens is 226 g/mol. The molecule has 2 rings (SSSR count). The van der Waals surface area contributed by atoms with Gasteiger partial charge in [-0.1, -0.05) is 6.92 Å². The van der Waals surface area contributed by atoms with E-state index in [1.165, 1.54) is 5.56 Å². The maximum absolute atomic E-state index is 5.18. The molecule has 18 heavy (non-hydrogen) atoms. The zero-order valence-corrected chi connectivity index (χ0v) is 11.1. The van der Waals surface area contributed by atoms with Crippen LogP contribution in [0.2, 0.25) is 0 Å². The van der Waals surface area contributed by atoms with Crippen LogP contribution in [0.5, 0.6) is 0 Å². The van der Waals surface area contributed by atoms with Crippen molar-refractivity contribution in [2.75, 3.05) is 6.54 Å². The van der Waals surface area contributed by atoms with Crippen LogP contribution in [-0.4, -0.2) is 16.1 Å². The van der Waals surface area contributed by atoms with Crippen LogP contribution in [0, 0.1) is 0 Å². The summed E-state index contributed by atoms with van der Waals surface area (Å²) in [7, 11) is 0. The van der Waals surface area contributed by atoms with E-state index in [9.17, 15) is 0 Å². The van der Waals surface area contributed by atoms with Gasteiger partial charge in [0, 0.05) is 37.0 Å². The van der Waals surface area contributed by atoms with Crippen LogP contribution >= 0.6 is 0 Å². The largest absolute Gasteiger partial charge is 0.472 e. The summed E-state index contributed by atoms with van der Waals surface area (Å²) >= 11 is 0. The number of nitrogens with one attached hydrogen (secondary N) is 1. The van der Waals surface area contributed by atoms with Crippen LogP contribution in [0.1, 0.15) is 37.7 Å². The molecule has 0 radical (unpaired) electrons. The van der Waals surface area contributed by atoms with Crippen LogP contribution in [0.4, 0.5) is 0 Å². The lowest BCUT2D eigenvalue weighted by atomic mass is 10.1. The number of aryl methyl sites for hydroxylation is 1.